The molecule has 1 heterocycles. The van der Waals surface area contributed by atoms with Crippen LogP contribution in [-0.4, -0.2) is 6.61 Å². The second-order valence-electron chi connectivity index (χ2n) is 8.82. The van der Waals surface area contributed by atoms with Crippen LogP contribution < -0.4 is 4.57 Å². The quantitative estimate of drug-likeness (QED) is 0.374. The molecule has 0 radical (unpaired) electrons. The highest BCUT2D eigenvalue weighted by molar-refractivity contribution is 5.28. The van der Waals surface area contributed by atoms with Gasteiger partial charge in [-0.1, -0.05) is 82.7 Å². The molecule has 1 saturated carbocycles. The Morgan fingerprint density at radius 3 is 2.52 bits per heavy atom. The Morgan fingerprint density at radius 2 is 1.79 bits per heavy atom. The molecule has 2 heteroatoms. The number of ether oxygens (including phenoxy) is 1. The molecular weight excluding hydrogens is 354 g/mol. The van der Waals surface area contributed by atoms with E-state index in [4.69, 9.17) is 4.74 Å². The minimum absolute atomic E-state index is 0.113. The molecule has 0 amide bonds. The van der Waals surface area contributed by atoms with Crippen LogP contribution in [0.2, 0.25) is 0 Å². The number of pyridine rings is 1. The van der Waals surface area contributed by atoms with Gasteiger partial charge in [-0.2, -0.15) is 0 Å². The fourth-order valence-electron chi connectivity index (χ4n) is 4.60. The maximum absolute atomic E-state index is 6.60. The smallest absolute Gasteiger partial charge is 0.178 e. The molecule has 1 aliphatic rings. The summed E-state index contributed by atoms with van der Waals surface area (Å²) < 4.78 is 8.86. The highest BCUT2D eigenvalue weighted by atomic mass is 16.5. The Balaban J connectivity index is 1.74. The van der Waals surface area contributed by atoms with Gasteiger partial charge in [-0.3, -0.25) is 0 Å². The van der Waals surface area contributed by atoms with Crippen molar-refractivity contribution in [1.29, 1.82) is 0 Å². The summed E-state index contributed by atoms with van der Waals surface area (Å²) in [5.41, 5.74) is 2.86. The van der Waals surface area contributed by atoms with E-state index in [1.807, 2.05) is 0 Å². The molecule has 0 N–H and O–H groups in total. The largest absolute Gasteiger partial charge is 0.367 e. The first-order chi connectivity index (χ1) is 14.3. The topological polar surface area (TPSA) is 13.1 Å². The zero-order valence-electron chi connectivity index (χ0n) is 18.6. The third kappa shape index (κ3) is 6.96. The van der Waals surface area contributed by atoms with Crippen molar-refractivity contribution in [2.75, 3.05) is 6.61 Å². The molecule has 29 heavy (non-hydrogen) atoms. The first kappa shape index (κ1) is 22.0. The molecule has 2 atom stereocenters. The molecule has 1 aliphatic carbocycles. The molecular formula is C27H40NO+. The van der Waals surface area contributed by atoms with Gasteiger partial charge in [0.25, 0.3) is 0 Å². The fourth-order valence-corrected chi connectivity index (χ4v) is 4.60. The molecule has 2 nitrogen and oxygen atoms in total. The Kier molecular flexibility index (Phi) is 9.21. The average Bonchev–Trinajstić information content (AvgIpc) is 2.79. The minimum Gasteiger partial charge on any atom is -0.367 e. The number of aromatic nitrogens is 1. The lowest BCUT2D eigenvalue weighted by Gasteiger charge is -2.24. The van der Waals surface area contributed by atoms with Crippen molar-refractivity contribution in [1.82, 2.24) is 0 Å². The van der Waals surface area contributed by atoms with E-state index in [2.05, 4.69) is 73.3 Å². The van der Waals surface area contributed by atoms with Crippen molar-refractivity contribution in [3.05, 3.63) is 66.0 Å². The van der Waals surface area contributed by atoms with Crippen LogP contribution in [0.5, 0.6) is 0 Å². The van der Waals surface area contributed by atoms with Crippen molar-refractivity contribution in [2.24, 2.45) is 5.92 Å². The van der Waals surface area contributed by atoms with Crippen molar-refractivity contribution in [3.8, 4) is 0 Å². The van der Waals surface area contributed by atoms with E-state index in [-0.39, 0.29) is 6.10 Å². The van der Waals surface area contributed by atoms with E-state index < -0.39 is 0 Å². The van der Waals surface area contributed by atoms with Crippen molar-refractivity contribution in [3.63, 3.8) is 0 Å². The van der Waals surface area contributed by atoms with Gasteiger partial charge in [0.2, 0.25) is 0 Å². The van der Waals surface area contributed by atoms with Crippen LogP contribution in [0, 0.1) is 5.92 Å². The van der Waals surface area contributed by atoms with Gasteiger partial charge in [0, 0.05) is 12.1 Å². The summed E-state index contributed by atoms with van der Waals surface area (Å²) in [7, 11) is 0. The summed E-state index contributed by atoms with van der Waals surface area (Å²) in [6, 6.07) is 15.6. The van der Waals surface area contributed by atoms with E-state index >= 15 is 0 Å². The summed E-state index contributed by atoms with van der Waals surface area (Å²) in [5, 5.41) is 0. The molecule has 3 rings (SSSR count). The van der Waals surface area contributed by atoms with Gasteiger partial charge < -0.3 is 4.74 Å². The number of rotatable bonds is 11. The number of benzene rings is 1. The summed E-state index contributed by atoms with van der Waals surface area (Å²) in [4.78, 5) is 0. The van der Waals surface area contributed by atoms with Crippen molar-refractivity contribution in [2.45, 2.75) is 90.2 Å². The lowest BCUT2D eigenvalue weighted by Crippen LogP contribution is -2.37. The van der Waals surface area contributed by atoms with Crippen LogP contribution in [0.4, 0.5) is 0 Å². The van der Waals surface area contributed by atoms with Gasteiger partial charge in [-0.05, 0) is 42.2 Å². The first-order valence-electron chi connectivity index (χ1n) is 12.0. The molecule has 1 aromatic heterocycles. The second-order valence-corrected chi connectivity index (χ2v) is 8.82. The van der Waals surface area contributed by atoms with Gasteiger partial charge in [0.05, 0.1) is 6.61 Å². The SMILES string of the molecule is CCCCC(CC)COC(C[n+]1ccccc1)c1cccc(C2CCCCC2)c1. The average molecular weight is 395 g/mol. The normalized spacial score (nSPS) is 17.2. The lowest BCUT2D eigenvalue weighted by molar-refractivity contribution is -0.705. The van der Waals surface area contributed by atoms with Crippen molar-refractivity contribution < 1.29 is 9.30 Å². The van der Waals surface area contributed by atoms with Crippen LogP contribution in [0.25, 0.3) is 0 Å². The molecule has 0 aliphatic heterocycles. The Bertz CT molecular complexity index is 693. The van der Waals surface area contributed by atoms with E-state index in [0.29, 0.717) is 5.92 Å². The number of hydrogen-bond donors (Lipinski definition) is 0. The van der Waals surface area contributed by atoms with Gasteiger partial charge in [0.1, 0.15) is 6.10 Å². The standard InChI is InChI=1S/C27H40NO/c1-3-5-13-23(4-2)22-29-27(21-28-18-10-7-11-19-28)26-17-12-16-25(20-26)24-14-8-6-9-15-24/h7,10-12,16-20,23-24,27H,3-6,8-9,13-15,21-22H2,1-2H3/q+1. The highest BCUT2D eigenvalue weighted by Crippen LogP contribution is 2.34. The van der Waals surface area contributed by atoms with Crippen LogP contribution in [0.15, 0.2) is 54.9 Å². The van der Waals surface area contributed by atoms with Crippen LogP contribution in [0.3, 0.4) is 0 Å². The Morgan fingerprint density at radius 1 is 1.00 bits per heavy atom. The highest BCUT2D eigenvalue weighted by Gasteiger charge is 2.22. The maximum atomic E-state index is 6.60. The first-order valence-corrected chi connectivity index (χ1v) is 12.0. The third-order valence-electron chi connectivity index (χ3n) is 6.59. The molecule has 0 bridgehead atoms. The van der Waals surface area contributed by atoms with Gasteiger partial charge in [-0.15, -0.1) is 0 Å². The van der Waals surface area contributed by atoms with E-state index in [0.717, 1.165) is 19.1 Å². The fraction of sp³-hybridized carbons (Fsp3) is 0.593. The van der Waals surface area contributed by atoms with Gasteiger partial charge >= 0.3 is 0 Å². The van der Waals surface area contributed by atoms with Crippen LogP contribution >= 0.6 is 0 Å². The van der Waals surface area contributed by atoms with Crippen molar-refractivity contribution >= 4 is 0 Å². The van der Waals surface area contributed by atoms with Gasteiger partial charge in [-0.25, -0.2) is 4.57 Å². The Hall–Kier alpha value is -1.67. The summed E-state index contributed by atoms with van der Waals surface area (Å²) in [6.07, 6.45) is 16.3. The van der Waals surface area contributed by atoms with Gasteiger partial charge in [0.15, 0.2) is 18.9 Å². The molecule has 1 aromatic carbocycles. The predicted octanol–water partition coefficient (Wildman–Crippen LogP) is 7.00. The van der Waals surface area contributed by atoms with Crippen LogP contribution in [-0.2, 0) is 11.3 Å². The number of hydrogen-bond acceptors (Lipinski definition) is 1. The molecule has 1 fully saturated rings. The summed E-state index contributed by atoms with van der Waals surface area (Å²) in [6.45, 7) is 6.31. The van der Waals surface area contributed by atoms with Crippen LogP contribution in [0.1, 0.15) is 94.8 Å². The molecule has 2 unspecified atom stereocenters. The summed E-state index contributed by atoms with van der Waals surface area (Å²) in [5.74, 6) is 1.40. The lowest BCUT2D eigenvalue weighted by atomic mass is 9.83. The molecule has 0 saturated heterocycles. The maximum Gasteiger partial charge on any atom is 0.178 e. The van der Waals surface area contributed by atoms with E-state index in [1.54, 1.807) is 0 Å². The summed E-state index contributed by atoms with van der Waals surface area (Å²) >= 11 is 0. The zero-order valence-corrected chi connectivity index (χ0v) is 18.6. The van der Waals surface area contributed by atoms with E-state index in [9.17, 15) is 0 Å². The predicted molar refractivity (Wildman–Crippen MR) is 121 cm³/mol. The monoisotopic (exact) mass is 394 g/mol. The Labute approximate surface area is 178 Å². The third-order valence-corrected chi connectivity index (χ3v) is 6.59. The van der Waals surface area contributed by atoms with E-state index in [1.165, 1.54) is 68.9 Å². The number of unbranched alkanes of at least 4 members (excludes halogenated alkanes) is 1. The number of nitrogens with zero attached hydrogens (tertiary/aromatic N) is 1. The molecule has 0 spiro atoms. The molecule has 158 valence electrons. The minimum atomic E-state index is 0.113. The molecule has 2 aromatic rings. The second kappa shape index (κ2) is 12.1. The zero-order chi connectivity index (χ0) is 20.3.